The number of para-hydroxylation sites is 1. The van der Waals surface area contributed by atoms with Crippen LogP contribution in [0.3, 0.4) is 0 Å². The Balaban J connectivity index is 1.71. The van der Waals surface area contributed by atoms with E-state index in [1.54, 1.807) is 16.0 Å². The van der Waals surface area contributed by atoms with Crippen LogP contribution in [0.2, 0.25) is 0 Å². The molecular weight excluding hydrogens is 318 g/mol. The largest absolute Gasteiger partial charge is 0.341 e. The van der Waals surface area contributed by atoms with Gasteiger partial charge in [0.05, 0.1) is 11.7 Å². The van der Waals surface area contributed by atoms with E-state index in [0.717, 1.165) is 5.69 Å². The molecule has 2 aromatic heterocycles. The van der Waals surface area contributed by atoms with Crippen LogP contribution in [0, 0.1) is 0 Å². The summed E-state index contributed by atoms with van der Waals surface area (Å²) in [6, 6.07) is 24.3. The molecule has 0 saturated carbocycles. The molecule has 0 bridgehead atoms. The van der Waals surface area contributed by atoms with E-state index in [1.807, 2.05) is 48.5 Å². The number of aromatic nitrogens is 4. The lowest BCUT2D eigenvalue weighted by molar-refractivity contribution is 0.786. The van der Waals surface area contributed by atoms with Crippen molar-refractivity contribution >= 4 is 17.3 Å². The van der Waals surface area contributed by atoms with Gasteiger partial charge < -0.3 is 5.32 Å². The third kappa shape index (κ3) is 2.91. The number of thiophene rings is 1. The number of hydrogen-bond acceptors (Lipinski definition) is 5. The lowest BCUT2D eigenvalue weighted by Crippen LogP contribution is -2.15. The van der Waals surface area contributed by atoms with Crippen molar-refractivity contribution in [3.05, 3.63) is 88.6 Å². The molecule has 24 heavy (non-hydrogen) atoms. The summed E-state index contributed by atoms with van der Waals surface area (Å²) >= 11 is 1.71. The summed E-state index contributed by atoms with van der Waals surface area (Å²) in [6.45, 7) is 0. The molecule has 2 heterocycles. The molecule has 4 rings (SSSR count). The highest BCUT2D eigenvalue weighted by Gasteiger charge is 2.18. The van der Waals surface area contributed by atoms with Crippen molar-refractivity contribution in [3.63, 3.8) is 0 Å². The fourth-order valence-electron chi connectivity index (χ4n) is 2.57. The van der Waals surface area contributed by atoms with Crippen molar-refractivity contribution < 1.29 is 0 Å². The summed E-state index contributed by atoms with van der Waals surface area (Å²) in [6.07, 6.45) is 0. The van der Waals surface area contributed by atoms with E-state index < -0.39 is 0 Å². The summed E-state index contributed by atoms with van der Waals surface area (Å²) in [4.78, 5) is 1.21. The minimum atomic E-state index is -0.000313. The van der Waals surface area contributed by atoms with Crippen molar-refractivity contribution in [1.29, 1.82) is 0 Å². The van der Waals surface area contributed by atoms with Gasteiger partial charge in [0, 0.05) is 4.88 Å². The molecule has 4 aromatic rings. The molecule has 0 saturated heterocycles. The molecule has 0 unspecified atom stereocenters. The van der Waals surface area contributed by atoms with Crippen molar-refractivity contribution in [3.8, 4) is 5.69 Å². The average molecular weight is 333 g/mol. The first kappa shape index (κ1) is 14.6. The fourth-order valence-corrected chi connectivity index (χ4v) is 3.37. The minimum Gasteiger partial charge on any atom is -0.341 e. The maximum absolute atomic E-state index is 4.16. The van der Waals surface area contributed by atoms with Gasteiger partial charge in [-0.3, -0.25) is 0 Å². The van der Waals surface area contributed by atoms with Crippen molar-refractivity contribution in [2.24, 2.45) is 0 Å². The molecule has 0 aliphatic carbocycles. The van der Waals surface area contributed by atoms with Crippen LogP contribution >= 0.6 is 11.3 Å². The van der Waals surface area contributed by atoms with E-state index in [-0.39, 0.29) is 6.04 Å². The van der Waals surface area contributed by atoms with E-state index in [2.05, 4.69) is 50.5 Å². The molecule has 6 heteroatoms. The Kier molecular flexibility index (Phi) is 4.04. The summed E-state index contributed by atoms with van der Waals surface area (Å²) < 4.78 is 1.71. The highest BCUT2D eigenvalue weighted by Crippen LogP contribution is 2.29. The van der Waals surface area contributed by atoms with Gasteiger partial charge in [-0.2, -0.15) is 4.68 Å². The Morgan fingerprint density at radius 3 is 2.33 bits per heavy atom. The van der Waals surface area contributed by atoms with Crippen LogP contribution in [0.1, 0.15) is 16.5 Å². The van der Waals surface area contributed by atoms with Gasteiger partial charge in [0.25, 0.3) is 0 Å². The predicted molar refractivity (Wildman–Crippen MR) is 95.4 cm³/mol. The first-order valence-electron chi connectivity index (χ1n) is 7.60. The Morgan fingerprint density at radius 1 is 0.875 bits per heavy atom. The fraction of sp³-hybridized carbons (Fsp3) is 0.0556. The normalized spacial score (nSPS) is 12.0. The van der Waals surface area contributed by atoms with E-state index >= 15 is 0 Å². The number of nitrogens with zero attached hydrogens (tertiary/aromatic N) is 4. The second-order valence-corrected chi connectivity index (χ2v) is 6.23. The molecule has 0 aliphatic rings. The van der Waals surface area contributed by atoms with Crippen molar-refractivity contribution in [2.75, 3.05) is 5.32 Å². The van der Waals surface area contributed by atoms with Crippen molar-refractivity contribution in [1.82, 2.24) is 20.2 Å². The van der Waals surface area contributed by atoms with E-state index in [0.29, 0.717) is 5.95 Å². The number of benzene rings is 2. The molecule has 5 nitrogen and oxygen atoms in total. The van der Waals surface area contributed by atoms with Crippen LogP contribution < -0.4 is 5.32 Å². The second-order valence-electron chi connectivity index (χ2n) is 5.25. The molecular formula is C18H15N5S. The van der Waals surface area contributed by atoms with Crippen LogP contribution in [0.25, 0.3) is 5.69 Å². The summed E-state index contributed by atoms with van der Waals surface area (Å²) in [5.41, 5.74) is 2.09. The quantitative estimate of drug-likeness (QED) is 0.601. The second kappa shape index (κ2) is 6.64. The number of nitrogens with one attached hydrogen (secondary N) is 1. The molecule has 1 N–H and O–H groups in total. The topological polar surface area (TPSA) is 55.6 Å². The Bertz CT molecular complexity index is 888. The lowest BCUT2D eigenvalue weighted by Gasteiger charge is -2.18. The highest BCUT2D eigenvalue weighted by molar-refractivity contribution is 7.10. The number of anilines is 1. The van der Waals surface area contributed by atoms with Gasteiger partial charge in [-0.15, -0.1) is 11.3 Å². The first-order chi connectivity index (χ1) is 11.9. The number of hydrogen-bond donors (Lipinski definition) is 1. The smallest absolute Gasteiger partial charge is 0.248 e. The van der Waals surface area contributed by atoms with Crippen LogP contribution in [0.4, 0.5) is 5.95 Å². The molecule has 0 aliphatic heterocycles. The zero-order chi connectivity index (χ0) is 16.2. The van der Waals surface area contributed by atoms with Crippen LogP contribution in [-0.4, -0.2) is 20.2 Å². The number of rotatable bonds is 5. The zero-order valence-electron chi connectivity index (χ0n) is 12.8. The summed E-state index contributed by atoms with van der Waals surface area (Å²) in [5, 5.41) is 17.7. The van der Waals surface area contributed by atoms with Gasteiger partial charge in [-0.05, 0) is 39.6 Å². The molecule has 0 amide bonds. The SMILES string of the molecule is c1ccc([C@@H](Nc2nnnn2-c2ccccc2)c2cccs2)cc1. The summed E-state index contributed by atoms with van der Waals surface area (Å²) in [5.74, 6) is 0.614. The van der Waals surface area contributed by atoms with Gasteiger partial charge in [0.2, 0.25) is 5.95 Å². The molecule has 118 valence electrons. The zero-order valence-corrected chi connectivity index (χ0v) is 13.6. The van der Waals surface area contributed by atoms with E-state index in [9.17, 15) is 0 Å². The molecule has 0 radical (unpaired) electrons. The van der Waals surface area contributed by atoms with Gasteiger partial charge in [0.1, 0.15) is 0 Å². The number of tetrazole rings is 1. The monoisotopic (exact) mass is 333 g/mol. The predicted octanol–water partition coefficient (Wildman–Crippen LogP) is 3.93. The van der Waals surface area contributed by atoms with Gasteiger partial charge in [-0.25, -0.2) is 0 Å². The Labute approximate surface area is 143 Å². The summed E-state index contributed by atoms with van der Waals surface area (Å²) in [7, 11) is 0. The van der Waals surface area contributed by atoms with Crippen LogP contribution in [0.5, 0.6) is 0 Å². The van der Waals surface area contributed by atoms with E-state index in [1.165, 1.54) is 10.4 Å². The minimum absolute atomic E-state index is 0.000313. The molecule has 2 aromatic carbocycles. The first-order valence-corrected chi connectivity index (χ1v) is 8.48. The average Bonchev–Trinajstić information content (AvgIpc) is 3.33. The third-order valence-electron chi connectivity index (χ3n) is 3.70. The van der Waals surface area contributed by atoms with Gasteiger partial charge >= 0.3 is 0 Å². The maximum Gasteiger partial charge on any atom is 0.248 e. The Hall–Kier alpha value is -2.99. The van der Waals surface area contributed by atoms with Crippen molar-refractivity contribution in [2.45, 2.75) is 6.04 Å². The maximum atomic E-state index is 4.16. The van der Waals surface area contributed by atoms with Crippen LogP contribution in [0.15, 0.2) is 78.2 Å². The van der Waals surface area contributed by atoms with Crippen LogP contribution in [-0.2, 0) is 0 Å². The molecule has 0 spiro atoms. The standard InChI is InChI=1S/C18H15N5S/c1-3-8-14(9-4-1)17(16-12-7-13-24-16)19-18-20-21-22-23(18)15-10-5-2-6-11-15/h1-13,17H,(H,19,20,22)/t17-/m1/s1. The lowest BCUT2D eigenvalue weighted by atomic mass is 10.1. The Morgan fingerprint density at radius 2 is 1.62 bits per heavy atom. The highest BCUT2D eigenvalue weighted by atomic mass is 32.1. The molecule has 1 atom stereocenters. The molecule has 0 fully saturated rings. The van der Waals surface area contributed by atoms with Gasteiger partial charge in [0.15, 0.2) is 0 Å². The van der Waals surface area contributed by atoms with E-state index in [4.69, 9.17) is 0 Å². The third-order valence-corrected chi connectivity index (χ3v) is 4.64. The van der Waals surface area contributed by atoms with Gasteiger partial charge in [-0.1, -0.05) is 59.7 Å².